The van der Waals surface area contributed by atoms with Crippen LogP contribution in [0.1, 0.15) is 30.0 Å². The van der Waals surface area contributed by atoms with Crippen molar-refractivity contribution in [1.82, 2.24) is 5.32 Å². The fraction of sp³-hybridized carbons (Fsp3) is 0.267. The van der Waals surface area contributed by atoms with Gasteiger partial charge in [0.1, 0.15) is 5.75 Å². The van der Waals surface area contributed by atoms with Gasteiger partial charge in [-0.25, -0.2) is 0 Å². The predicted octanol–water partition coefficient (Wildman–Crippen LogP) is 3.65. The molecular formula is C15H16ClNO3. The van der Waals surface area contributed by atoms with Gasteiger partial charge in [0.25, 0.3) is 5.91 Å². The number of benzene rings is 1. The van der Waals surface area contributed by atoms with E-state index in [9.17, 15) is 4.79 Å². The van der Waals surface area contributed by atoms with E-state index in [1.807, 2.05) is 19.9 Å². The number of nitrogens with one attached hydrogen (secondary N) is 1. The van der Waals surface area contributed by atoms with Gasteiger partial charge in [-0.1, -0.05) is 17.7 Å². The van der Waals surface area contributed by atoms with Crippen molar-refractivity contribution in [2.24, 2.45) is 0 Å². The van der Waals surface area contributed by atoms with Crippen LogP contribution in [0.2, 0.25) is 5.02 Å². The Labute approximate surface area is 122 Å². The van der Waals surface area contributed by atoms with Crippen molar-refractivity contribution in [2.45, 2.75) is 26.5 Å². The number of halogens is 1. The second-order valence-electron chi connectivity index (χ2n) is 4.59. The highest BCUT2D eigenvalue weighted by Gasteiger charge is 2.09. The van der Waals surface area contributed by atoms with Crippen molar-refractivity contribution in [3.63, 3.8) is 0 Å². The minimum absolute atomic E-state index is 0.0667. The summed E-state index contributed by atoms with van der Waals surface area (Å²) in [5.74, 6) is 0.673. The highest BCUT2D eigenvalue weighted by molar-refractivity contribution is 6.32. The maximum Gasteiger partial charge on any atom is 0.287 e. The van der Waals surface area contributed by atoms with Crippen molar-refractivity contribution in [3.05, 3.63) is 52.9 Å². The Bertz CT molecular complexity index is 579. The zero-order valence-corrected chi connectivity index (χ0v) is 12.1. The van der Waals surface area contributed by atoms with E-state index in [0.29, 0.717) is 17.3 Å². The van der Waals surface area contributed by atoms with Crippen LogP contribution in [0.15, 0.2) is 41.0 Å². The number of carbonyl (C=O) groups is 1. The Morgan fingerprint density at radius 3 is 2.80 bits per heavy atom. The van der Waals surface area contributed by atoms with E-state index in [1.54, 1.807) is 24.3 Å². The van der Waals surface area contributed by atoms with Crippen LogP contribution in [-0.2, 0) is 6.54 Å². The van der Waals surface area contributed by atoms with Gasteiger partial charge in [-0.15, -0.1) is 0 Å². The molecule has 20 heavy (non-hydrogen) atoms. The van der Waals surface area contributed by atoms with Crippen molar-refractivity contribution in [2.75, 3.05) is 0 Å². The van der Waals surface area contributed by atoms with E-state index in [4.69, 9.17) is 20.8 Å². The molecule has 0 aliphatic heterocycles. The van der Waals surface area contributed by atoms with Crippen LogP contribution in [-0.4, -0.2) is 12.0 Å². The average molecular weight is 294 g/mol. The molecule has 0 spiro atoms. The summed E-state index contributed by atoms with van der Waals surface area (Å²) >= 11 is 6.13. The number of hydrogen-bond acceptors (Lipinski definition) is 3. The largest absolute Gasteiger partial charge is 0.489 e. The maximum absolute atomic E-state index is 11.7. The fourth-order valence-electron chi connectivity index (χ4n) is 1.68. The molecular weight excluding hydrogens is 278 g/mol. The summed E-state index contributed by atoms with van der Waals surface area (Å²) in [4.78, 5) is 11.7. The third kappa shape index (κ3) is 3.78. The monoisotopic (exact) mass is 293 g/mol. The van der Waals surface area contributed by atoms with Crippen LogP contribution in [0.5, 0.6) is 5.75 Å². The summed E-state index contributed by atoms with van der Waals surface area (Å²) < 4.78 is 10.6. The summed E-state index contributed by atoms with van der Waals surface area (Å²) in [5, 5.41) is 3.29. The molecule has 2 rings (SSSR count). The first-order valence-electron chi connectivity index (χ1n) is 6.33. The Hall–Kier alpha value is -1.94. The van der Waals surface area contributed by atoms with Gasteiger partial charge < -0.3 is 14.5 Å². The van der Waals surface area contributed by atoms with Crippen molar-refractivity contribution in [3.8, 4) is 5.75 Å². The number of rotatable bonds is 5. The highest BCUT2D eigenvalue weighted by atomic mass is 35.5. The standard InChI is InChI=1S/C15H16ClNO3/c1-10(2)20-13-6-5-11(8-12(13)16)9-17-15(18)14-4-3-7-19-14/h3-8,10H,9H2,1-2H3,(H,17,18). The topological polar surface area (TPSA) is 51.5 Å². The second-order valence-corrected chi connectivity index (χ2v) is 5.00. The van der Waals surface area contributed by atoms with E-state index in [-0.39, 0.29) is 17.8 Å². The van der Waals surface area contributed by atoms with E-state index in [1.165, 1.54) is 6.26 Å². The molecule has 106 valence electrons. The first-order valence-corrected chi connectivity index (χ1v) is 6.71. The normalized spacial score (nSPS) is 10.6. The Morgan fingerprint density at radius 1 is 1.40 bits per heavy atom. The zero-order valence-electron chi connectivity index (χ0n) is 11.4. The van der Waals surface area contributed by atoms with Crippen LogP contribution in [0.25, 0.3) is 0 Å². The molecule has 5 heteroatoms. The Morgan fingerprint density at radius 2 is 2.20 bits per heavy atom. The second kappa shape index (κ2) is 6.48. The maximum atomic E-state index is 11.7. The number of carbonyl (C=O) groups excluding carboxylic acids is 1. The molecule has 0 aliphatic carbocycles. The SMILES string of the molecule is CC(C)Oc1ccc(CNC(=O)c2ccco2)cc1Cl. The molecule has 1 heterocycles. The molecule has 1 aromatic carbocycles. The van der Waals surface area contributed by atoms with Crippen molar-refractivity contribution < 1.29 is 13.9 Å². The molecule has 0 bridgehead atoms. The fourth-order valence-corrected chi connectivity index (χ4v) is 1.93. The third-order valence-corrected chi connectivity index (χ3v) is 2.85. The van der Waals surface area contributed by atoms with Crippen LogP contribution in [0.4, 0.5) is 0 Å². The number of hydrogen-bond donors (Lipinski definition) is 1. The third-order valence-electron chi connectivity index (χ3n) is 2.56. The van der Waals surface area contributed by atoms with E-state index in [2.05, 4.69) is 5.32 Å². The van der Waals surface area contributed by atoms with Gasteiger partial charge in [0.15, 0.2) is 5.76 Å². The lowest BCUT2D eigenvalue weighted by Gasteiger charge is -2.12. The quantitative estimate of drug-likeness (QED) is 0.915. The van der Waals surface area contributed by atoms with Gasteiger partial charge >= 0.3 is 0 Å². The first-order chi connectivity index (χ1) is 9.56. The Balaban J connectivity index is 1.97. The lowest BCUT2D eigenvalue weighted by molar-refractivity contribution is 0.0923. The van der Waals surface area contributed by atoms with E-state index >= 15 is 0 Å². The van der Waals surface area contributed by atoms with E-state index in [0.717, 1.165) is 5.56 Å². The van der Waals surface area contributed by atoms with Crippen molar-refractivity contribution in [1.29, 1.82) is 0 Å². The lowest BCUT2D eigenvalue weighted by Crippen LogP contribution is -2.22. The molecule has 0 atom stereocenters. The average Bonchev–Trinajstić information content (AvgIpc) is 2.92. The minimum Gasteiger partial charge on any atom is -0.489 e. The van der Waals surface area contributed by atoms with Gasteiger partial charge in [0.05, 0.1) is 17.4 Å². The molecule has 4 nitrogen and oxygen atoms in total. The summed E-state index contributed by atoms with van der Waals surface area (Å²) in [6.45, 7) is 4.25. The number of furan rings is 1. The smallest absolute Gasteiger partial charge is 0.287 e. The van der Waals surface area contributed by atoms with Crippen LogP contribution in [0.3, 0.4) is 0 Å². The van der Waals surface area contributed by atoms with E-state index < -0.39 is 0 Å². The molecule has 0 radical (unpaired) electrons. The summed E-state index contributed by atoms with van der Waals surface area (Å²) in [6.07, 6.45) is 1.53. The molecule has 1 N–H and O–H groups in total. The van der Waals surface area contributed by atoms with Crippen LogP contribution < -0.4 is 10.1 Å². The highest BCUT2D eigenvalue weighted by Crippen LogP contribution is 2.26. The van der Waals surface area contributed by atoms with Gasteiger partial charge in [0.2, 0.25) is 0 Å². The summed E-state index contributed by atoms with van der Waals surface area (Å²) in [6, 6.07) is 8.73. The van der Waals surface area contributed by atoms with Crippen LogP contribution >= 0.6 is 11.6 Å². The molecule has 1 aromatic heterocycles. The van der Waals surface area contributed by atoms with Crippen LogP contribution in [0, 0.1) is 0 Å². The lowest BCUT2D eigenvalue weighted by atomic mass is 10.2. The number of ether oxygens (including phenoxy) is 1. The molecule has 0 unspecified atom stereocenters. The summed E-state index contributed by atoms with van der Waals surface area (Å²) in [7, 11) is 0. The molecule has 0 fully saturated rings. The van der Waals surface area contributed by atoms with Gasteiger partial charge in [0, 0.05) is 6.54 Å². The Kier molecular flexibility index (Phi) is 4.69. The van der Waals surface area contributed by atoms with Crippen molar-refractivity contribution >= 4 is 17.5 Å². The molecule has 0 saturated heterocycles. The molecule has 0 saturated carbocycles. The first kappa shape index (κ1) is 14.5. The molecule has 2 aromatic rings. The predicted molar refractivity (Wildman–Crippen MR) is 77.1 cm³/mol. The zero-order chi connectivity index (χ0) is 14.5. The molecule has 0 aliphatic rings. The molecule has 1 amide bonds. The van der Waals surface area contributed by atoms with Gasteiger partial charge in [-0.2, -0.15) is 0 Å². The minimum atomic E-state index is -0.256. The summed E-state index contributed by atoms with van der Waals surface area (Å²) in [5.41, 5.74) is 0.894. The number of amides is 1. The van der Waals surface area contributed by atoms with Gasteiger partial charge in [-0.05, 0) is 43.7 Å². The van der Waals surface area contributed by atoms with Gasteiger partial charge in [-0.3, -0.25) is 4.79 Å².